The highest BCUT2D eigenvalue weighted by atomic mass is 16.3. The summed E-state index contributed by atoms with van der Waals surface area (Å²) in [7, 11) is 0. The standard InChI is InChI=1S/C11H16N2O/c1-11(2,3)12-8-9-6-4-5-7-10(9)13-14/h4-7,12H,8H2,1-3H3. The fourth-order valence-electron chi connectivity index (χ4n) is 1.11. The van der Waals surface area contributed by atoms with Gasteiger partial charge in [-0.25, -0.2) is 0 Å². The summed E-state index contributed by atoms with van der Waals surface area (Å²) >= 11 is 0. The maximum Gasteiger partial charge on any atom is 0.112 e. The SMILES string of the molecule is CC(C)(C)NCc1ccccc1N=O. The maximum absolute atomic E-state index is 10.5. The molecule has 0 amide bonds. The van der Waals surface area contributed by atoms with E-state index in [1.54, 1.807) is 6.07 Å². The molecule has 1 rings (SSSR count). The molecule has 0 aliphatic rings. The van der Waals surface area contributed by atoms with Crippen molar-refractivity contribution >= 4 is 5.69 Å². The molecule has 0 saturated heterocycles. The largest absolute Gasteiger partial charge is 0.308 e. The highest BCUT2D eigenvalue weighted by Crippen LogP contribution is 2.18. The van der Waals surface area contributed by atoms with Crippen molar-refractivity contribution in [1.82, 2.24) is 5.32 Å². The first-order chi connectivity index (χ1) is 6.53. The highest BCUT2D eigenvalue weighted by molar-refractivity contribution is 5.45. The van der Waals surface area contributed by atoms with Crippen LogP contribution < -0.4 is 5.32 Å². The van der Waals surface area contributed by atoms with Crippen LogP contribution in [0.3, 0.4) is 0 Å². The van der Waals surface area contributed by atoms with Crippen LogP contribution in [0, 0.1) is 4.91 Å². The van der Waals surface area contributed by atoms with Crippen LogP contribution in [0.15, 0.2) is 29.4 Å². The number of nitrogens with zero attached hydrogens (tertiary/aromatic N) is 1. The molecule has 0 aromatic heterocycles. The normalized spacial score (nSPS) is 11.4. The summed E-state index contributed by atoms with van der Waals surface area (Å²) in [5.74, 6) is 0. The Morgan fingerprint density at radius 3 is 2.50 bits per heavy atom. The van der Waals surface area contributed by atoms with Crippen LogP contribution in [-0.4, -0.2) is 5.54 Å². The quantitative estimate of drug-likeness (QED) is 0.748. The first kappa shape index (κ1) is 10.9. The van der Waals surface area contributed by atoms with E-state index in [9.17, 15) is 4.91 Å². The molecule has 1 aromatic rings. The lowest BCUT2D eigenvalue weighted by molar-refractivity contribution is 0.424. The molecule has 1 N–H and O–H groups in total. The number of hydrogen-bond donors (Lipinski definition) is 1. The van der Waals surface area contributed by atoms with Crippen molar-refractivity contribution in [2.75, 3.05) is 0 Å². The van der Waals surface area contributed by atoms with Crippen LogP contribution in [0.1, 0.15) is 26.3 Å². The van der Waals surface area contributed by atoms with E-state index in [2.05, 4.69) is 31.3 Å². The van der Waals surface area contributed by atoms with Crippen LogP contribution in [0.4, 0.5) is 5.69 Å². The van der Waals surface area contributed by atoms with Crippen molar-refractivity contribution < 1.29 is 0 Å². The molecule has 0 saturated carbocycles. The second kappa shape index (κ2) is 4.33. The zero-order chi connectivity index (χ0) is 10.6. The molecule has 3 heteroatoms. The summed E-state index contributed by atoms with van der Waals surface area (Å²) in [5, 5.41) is 6.30. The molecular weight excluding hydrogens is 176 g/mol. The van der Waals surface area contributed by atoms with Crippen molar-refractivity contribution in [3.8, 4) is 0 Å². The van der Waals surface area contributed by atoms with Gasteiger partial charge in [-0.05, 0) is 37.6 Å². The Hall–Kier alpha value is -1.22. The molecule has 0 aliphatic carbocycles. The number of rotatable bonds is 3. The zero-order valence-corrected chi connectivity index (χ0v) is 8.87. The molecule has 14 heavy (non-hydrogen) atoms. The van der Waals surface area contributed by atoms with Gasteiger partial charge in [0.2, 0.25) is 0 Å². The summed E-state index contributed by atoms with van der Waals surface area (Å²) in [6.45, 7) is 6.93. The van der Waals surface area contributed by atoms with Gasteiger partial charge in [0, 0.05) is 12.1 Å². The molecule has 0 spiro atoms. The minimum Gasteiger partial charge on any atom is -0.308 e. The van der Waals surface area contributed by atoms with Gasteiger partial charge < -0.3 is 5.32 Å². The number of benzene rings is 1. The van der Waals surface area contributed by atoms with E-state index in [0.717, 1.165) is 5.56 Å². The van der Waals surface area contributed by atoms with Gasteiger partial charge in [-0.3, -0.25) is 0 Å². The lowest BCUT2D eigenvalue weighted by Gasteiger charge is -2.20. The van der Waals surface area contributed by atoms with Crippen molar-refractivity contribution in [1.29, 1.82) is 0 Å². The van der Waals surface area contributed by atoms with Gasteiger partial charge in [0.05, 0.1) is 0 Å². The summed E-state index contributed by atoms with van der Waals surface area (Å²) in [6.07, 6.45) is 0. The Morgan fingerprint density at radius 1 is 1.29 bits per heavy atom. The molecular formula is C11H16N2O. The van der Waals surface area contributed by atoms with Gasteiger partial charge >= 0.3 is 0 Å². The minimum atomic E-state index is 0.0516. The topological polar surface area (TPSA) is 41.5 Å². The third-order valence-corrected chi connectivity index (χ3v) is 1.90. The summed E-state index contributed by atoms with van der Waals surface area (Å²) in [5.41, 5.74) is 1.51. The third kappa shape index (κ3) is 3.26. The van der Waals surface area contributed by atoms with Crippen LogP contribution in [0.2, 0.25) is 0 Å². The Morgan fingerprint density at radius 2 is 1.93 bits per heavy atom. The Labute approximate surface area is 84.5 Å². The molecule has 0 atom stereocenters. The molecule has 0 aliphatic heterocycles. The monoisotopic (exact) mass is 192 g/mol. The van der Waals surface area contributed by atoms with Gasteiger partial charge in [0.25, 0.3) is 0 Å². The number of hydrogen-bond acceptors (Lipinski definition) is 3. The predicted molar refractivity (Wildman–Crippen MR) is 58.5 cm³/mol. The third-order valence-electron chi connectivity index (χ3n) is 1.90. The van der Waals surface area contributed by atoms with Crippen LogP contribution >= 0.6 is 0 Å². The smallest absolute Gasteiger partial charge is 0.112 e. The lowest BCUT2D eigenvalue weighted by Crippen LogP contribution is -2.35. The van der Waals surface area contributed by atoms with Gasteiger partial charge in [-0.2, -0.15) is 0 Å². The number of nitrogens with one attached hydrogen (secondary N) is 1. The zero-order valence-electron chi connectivity index (χ0n) is 8.87. The Bertz CT molecular complexity index is 315. The van der Waals surface area contributed by atoms with Gasteiger partial charge in [-0.1, -0.05) is 18.2 Å². The minimum absolute atomic E-state index is 0.0516. The Balaban J connectivity index is 2.71. The van der Waals surface area contributed by atoms with Crippen LogP contribution in [0.25, 0.3) is 0 Å². The van der Waals surface area contributed by atoms with Crippen molar-refractivity contribution in [2.45, 2.75) is 32.9 Å². The molecule has 0 bridgehead atoms. The Kier molecular flexibility index (Phi) is 3.36. The van der Waals surface area contributed by atoms with E-state index in [-0.39, 0.29) is 5.54 Å². The van der Waals surface area contributed by atoms with Crippen LogP contribution in [-0.2, 0) is 6.54 Å². The lowest BCUT2D eigenvalue weighted by atomic mass is 10.1. The van der Waals surface area contributed by atoms with E-state index < -0.39 is 0 Å². The summed E-state index contributed by atoms with van der Waals surface area (Å²) in [4.78, 5) is 10.5. The van der Waals surface area contributed by atoms with E-state index in [4.69, 9.17) is 0 Å². The van der Waals surface area contributed by atoms with Crippen molar-refractivity contribution in [3.05, 3.63) is 34.7 Å². The highest BCUT2D eigenvalue weighted by Gasteiger charge is 2.09. The van der Waals surface area contributed by atoms with Crippen LogP contribution in [0.5, 0.6) is 0 Å². The fourth-order valence-corrected chi connectivity index (χ4v) is 1.11. The molecule has 0 unspecified atom stereocenters. The molecule has 0 fully saturated rings. The van der Waals surface area contributed by atoms with Gasteiger partial charge in [0.1, 0.15) is 5.69 Å². The van der Waals surface area contributed by atoms with Crippen molar-refractivity contribution in [2.24, 2.45) is 5.18 Å². The molecule has 1 aromatic carbocycles. The fraction of sp³-hybridized carbons (Fsp3) is 0.455. The predicted octanol–water partition coefficient (Wildman–Crippen LogP) is 2.97. The van der Waals surface area contributed by atoms with Gasteiger partial charge in [0.15, 0.2) is 0 Å². The molecule has 3 nitrogen and oxygen atoms in total. The number of nitroso groups, excluding NO2 is 1. The first-order valence-electron chi connectivity index (χ1n) is 4.69. The van der Waals surface area contributed by atoms with Crippen molar-refractivity contribution in [3.63, 3.8) is 0 Å². The molecule has 0 radical (unpaired) electrons. The summed E-state index contributed by atoms with van der Waals surface area (Å²) < 4.78 is 0. The van der Waals surface area contributed by atoms with E-state index in [1.165, 1.54) is 0 Å². The van der Waals surface area contributed by atoms with E-state index in [0.29, 0.717) is 12.2 Å². The average molecular weight is 192 g/mol. The average Bonchev–Trinajstić information content (AvgIpc) is 2.14. The van der Waals surface area contributed by atoms with E-state index >= 15 is 0 Å². The first-order valence-corrected chi connectivity index (χ1v) is 4.69. The van der Waals surface area contributed by atoms with E-state index in [1.807, 2.05) is 18.2 Å². The molecule has 0 heterocycles. The maximum atomic E-state index is 10.5. The summed E-state index contributed by atoms with van der Waals surface area (Å²) in [6, 6.07) is 7.37. The van der Waals surface area contributed by atoms with Gasteiger partial charge in [-0.15, -0.1) is 4.91 Å². The second-order valence-corrected chi connectivity index (χ2v) is 4.32. The molecule has 76 valence electrons. The second-order valence-electron chi connectivity index (χ2n) is 4.32.